The zero-order valence-electron chi connectivity index (χ0n) is 17.2. The average molecular weight is 429 g/mol. The zero-order valence-corrected chi connectivity index (χ0v) is 18.0. The Morgan fingerprint density at radius 3 is 2.67 bits per heavy atom. The summed E-state index contributed by atoms with van der Waals surface area (Å²) in [6.07, 6.45) is 0. The molecule has 4 rings (SSSR count). The molecular formula is C21H23N3O5S. The van der Waals surface area contributed by atoms with Crippen LogP contribution in [-0.2, 0) is 14.3 Å². The van der Waals surface area contributed by atoms with Gasteiger partial charge in [0.2, 0.25) is 5.91 Å². The summed E-state index contributed by atoms with van der Waals surface area (Å²) in [4.78, 5) is 39.8. The van der Waals surface area contributed by atoms with Crippen LogP contribution in [0.4, 0.5) is 0 Å². The van der Waals surface area contributed by atoms with E-state index < -0.39 is 28.7 Å². The van der Waals surface area contributed by atoms with Gasteiger partial charge in [-0.1, -0.05) is 35.5 Å². The number of esters is 1. The van der Waals surface area contributed by atoms with E-state index in [9.17, 15) is 14.4 Å². The number of hydrogen-bond donors (Lipinski definition) is 1. The molecule has 3 atom stereocenters. The highest BCUT2D eigenvalue weighted by Gasteiger charge is 2.64. The highest BCUT2D eigenvalue weighted by Crippen LogP contribution is 2.51. The molecule has 2 saturated heterocycles. The van der Waals surface area contributed by atoms with Crippen LogP contribution in [0.2, 0.25) is 0 Å². The quantitative estimate of drug-likeness (QED) is 0.575. The summed E-state index contributed by atoms with van der Waals surface area (Å²) in [6, 6.07) is 7.84. The van der Waals surface area contributed by atoms with Crippen LogP contribution in [0.3, 0.4) is 0 Å². The highest BCUT2D eigenvalue weighted by molar-refractivity contribution is 8.01. The number of rotatable bonds is 5. The highest BCUT2D eigenvalue weighted by atomic mass is 32.2. The maximum absolute atomic E-state index is 13.1. The van der Waals surface area contributed by atoms with Crippen LogP contribution in [0.15, 0.2) is 34.9 Å². The van der Waals surface area contributed by atoms with Gasteiger partial charge >= 0.3 is 5.97 Å². The number of carbonyl (C=O) groups is 3. The van der Waals surface area contributed by atoms with Crippen molar-refractivity contribution in [2.24, 2.45) is 0 Å². The Balaban J connectivity index is 1.55. The van der Waals surface area contributed by atoms with Gasteiger partial charge in [0.25, 0.3) is 5.91 Å². The molecule has 158 valence electrons. The maximum Gasteiger partial charge on any atom is 0.330 e. The molecule has 1 aromatic carbocycles. The largest absolute Gasteiger partial charge is 0.464 e. The number of β-lactam (4-membered cyclic amide) rings is 1. The van der Waals surface area contributed by atoms with Crippen molar-refractivity contribution in [1.82, 2.24) is 15.4 Å². The lowest BCUT2D eigenvalue weighted by atomic mass is 9.95. The summed E-state index contributed by atoms with van der Waals surface area (Å²) in [5, 5.41) is 6.51. The Morgan fingerprint density at radius 1 is 1.30 bits per heavy atom. The second-order valence-corrected chi connectivity index (χ2v) is 9.56. The van der Waals surface area contributed by atoms with E-state index >= 15 is 0 Å². The van der Waals surface area contributed by atoms with Crippen LogP contribution in [0.1, 0.15) is 36.9 Å². The van der Waals surface area contributed by atoms with E-state index in [1.807, 2.05) is 44.2 Å². The monoisotopic (exact) mass is 429 g/mol. The third-order valence-corrected chi connectivity index (χ3v) is 6.95. The lowest BCUT2D eigenvalue weighted by Gasteiger charge is -2.43. The third-order valence-electron chi connectivity index (χ3n) is 5.37. The predicted molar refractivity (Wildman–Crippen MR) is 111 cm³/mol. The number of aryl methyl sites for hydroxylation is 1. The first-order valence-electron chi connectivity index (χ1n) is 9.75. The van der Waals surface area contributed by atoms with E-state index in [1.165, 1.54) is 16.7 Å². The van der Waals surface area contributed by atoms with Crippen LogP contribution >= 0.6 is 11.8 Å². The van der Waals surface area contributed by atoms with E-state index in [0.717, 1.165) is 5.56 Å². The number of aromatic nitrogens is 1. The van der Waals surface area contributed by atoms with Gasteiger partial charge in [0.15, 0.2) is 0 Å². The molecule has 8 nitrogen and oxygen atoms in total. The van der Waals surface area contributed by atoms with Crippen molar-refractivity contribution in [2.75, 3.05) is 6.61 Å². The van der Waals surface area contributed by atoms with Crippen LogP contribution in [0, 0.1) is 6.92 Å². The zero-order chi connectivity index (χ0) is 21.6. The minimum absolute atomic E-state index is 0.248. The molecule has 0 saturated carbocycles. The van der Waals surface area contributed by atoms with Crippen molar-refractivity contribution in [1.29, 1.82) is 0 Å². The number of hydrogen-bond acceptors (Lipinski definition) is 7. The molecule has 30 heavy (non-hydrogen) atoms. The Kier molecular flexibility index (Phi) is 5.09. The van der Waals surface area contributed by atoms with Crippen molar-refractivity contribution in [3.63, 3.8) is 0 Å². The van der Waals surface area contributed by atoms with Crippen molar-refractivity contribution in [3.05, 3.63) is 41.7 Å². The van der Waals surface area contributed by atoms with Crippen LogP contribution in [-0.4, -0.2) is 56.7 Å². The molecule has 1 aromatic heterocycles. The molecule has 0 aliphatic carbocycles. The summed E-state index contributed by atoms with van der Waals surface area (Å²) < 4.78 is 9.90. The molecule has 2 amide bonds. The number of nitrogens with zero attached hydrogens (tertiary/aromatic N) is 2. The third kappa shape index (κ3) is 3.17. The van der Waals surface area contributed by atoms with E-state index in [1.54, 1.807) is 13.8 Å². The molecule has 3 heterocycles. The minimum Gasteiger partial charge on any atom is -0.464 e. The second kappa shape index (κ2) is 7.46. The lowest BCUT2D eigenvalue weighted by molar-refractivity contribution is -0.163. The van der Waals surface area contributed by atoms with Crippen LogP contribution < -0.4 is 5.32 Å². The fourth-order valence-corrected chi connectivity index (χ4v) is 5.61. The number of thioether (sulfide) groups is 1. The molecule has 2 aliphatic heterocycles. The summed E-state index contributed by atoms with van der Waals surface area (Å²) in [6.45, 7) is 7.45. The topological polar surface area (TPSA) is 102 Å². The van der Waals surface area contributed by atoms with Crippen molar-refractivity contribution < 1.29 is 23.6 Å². The van der Waals surface area contributed by atoms with Gasteiger partial charge < -0.3 is 19.5 Å². The van der Waals surface area contributed by atoms with E-state index in [4.69, 9.17) is 9.26 Å². The number of carbonyl (C=O) groups excluding carboxylic acids is 3. The first-order valence-corrected chi connectivity index (χ1v) is 10.6. The number of ether oxygens (including phenoxy) is 1. The molecule has 9 heteroatoms. The Bertz CT molecular complexity index is 1000. The summed E-state index contributed by atoms with van der Waals surface area (Å²) in [5.74, 6) is -0.765. The first-order chi connectivity index (χ1) is 14.3. The standard InChI is InChI=1S/C21H23N3O5S/c1-5-28-20(27)16-21(3,4)30-19-15(18(26)24(16)19)22-17(25)13-11(2)29-23-14(13)12-9-7-6-8-10-12/h6-10,15-16,19H,5H2,1-4H3,(H,22,25)/t15-,16+,19-/m1/s1. The number of fused-ring (bicyclic) bond motifs is 1. The van der Waals surface area contributed by atoms with E-state index in [2.05, 4.69) is 10.5 Å². The molecule has 0 unspecified atom stereocenters. The Labute approximate surface area is 178 Å². The molecular weight excluding hydrogens is 406 g/mol. The van der Waals surface area contributed by atoms with Crippen molar-refractivity contribution in [3.8, 4) is 11.3 Å². The van der Waals surface area contributed by atoms with Gasteiger partial charge in [0.05, 0.1) is 6.61 Å². The van der Waals surface area contributed by atoms with E-state index in [0.29, 0.717) is 17.0 Å². The molecule has 0 spiro atoms. The van der Waals surface area contributed by atoms with Crippen molar-refractivity contribution >= 4 is 29.5 Å². The van der Waals surface area contributed by atoms with Gasteiger partial charge in [-0.15, -0.1) is 11.8 Å². The molecule has 0 radical (unpaired) electrons. The fourth-order valence-electron chi connectivity index (χ4n) is 3.99. The van der Waals surface area contributed by atoms with Crippen molar-refractivity contribution in [2.45, 2.75) is 49.9 Å². The SMILES string of the molecule is CCOC(=O)[C@@H]1N2C(=O)[C@@H](NC(=O)c3c(-c4ccccc4)noc3C)[C@H]2SC1(C)C. The summed E-state index contributed by atoms with van der Waals surface area (Å²) in [5.41, 5.74) is 1.48. The Hall–Kier alpha value is -2.81. The summed E-state index contributed by atoms with van der Waals surface area (Å²) in [7, 11) is 0. The average Bonchev–Trinajstić information content (AvgIpc) is 3.22. The number of benzene rings is 1. The molecule has 2 aromatic rings. The lowest BCUT2D eigenvalue weighted by Crippen LogP contribution is -2.70. The van der Waals surface area contributed by atoms with Crippen LogP contribution in [0.5, 0.6) is 0 Å². The molecule has 1 N–H and O–H groups in total. The smallest absolute Gasteiger partial charge is 0.330 e. The second-order valence-electron chi connectivity index (χ2n) is 7.79. The van der Waals surface area contributed by atoms with Gasteiger partial charge in [0, 0.05) is 10.3 Å². The Morgan fingerprint density at radius 2 is 2.00 bits per heavy atom. The van der Waals surface area contributed by atoms with Gasteiger partial charge in [-0.25, -0.2) is 4.79 Å². The van der Waals surface area contributed by atoms with Gasteiger partial charge in [-0.3, -0.25) is 9.59 Å². The van der Waals surface area contributed by atoms with E-state index in [-0.39, 0.29) is 17.9 Å². The summed E-state index contributed by atoms with van der Waals surface area (Å²) >= 11 is 1.49. The fraction of sp³-hybridized carbons (Fsp3) is 0.429. The maximum atomic E-state index is 13.1. The molecule has 0 bridgehead atoms. The van der Waals surface area contributed by atoms with Crippen LogP contribution in [0.25, 0.3) is 11.3 Å². The molecule has 2 aliphatic rings. The predicted octanol–water partition coefficient (Wildman–Crippen LogP) is 2.37. The molecule has 2 fully saturated rings. The first kappa shape index (κ1) is 20.5. The van der Waals surface area contributed by atoms with Gasteiger partial charge in [-0.2, -0.15) is 0 Å². The number of amides is 2. The number of nitrogens with one attached hydrogen (secondary N) is 1. The van der Waals surface area contributed by atoms with Gasteiger partial charge in [-0.05, 0) is 27.7 Å². The normalized spacial score (nSPS) is 24.2. The van der Waals surface area contributed by atoms with Gasteiger partial charge in [0.1, 0.15) is 34.5 Å². The minimum atomic E-state index is -0.723.